The Morgan fingerprint density at radius 1 is 1.40 bits per heavy atom. The average Bonchev–Trinajstić information content (AvgIpc) is 2.26. The molecule has 0 aromatic heterocycles. The number of nitrogens with one attached hydrogen (secondary N) is 1. The Labute approximate surface area is 101 Å². The molecule has 15 heavy (non-hydrogen) atoms. The minimum Gasteiger partial charge on any atom is -0.468 e. The van der Waals surface area contributed by atoms with E-state index in [0.29, 0.717) is 5.56 Å². The summed E-state index contributed by atoms with van der Waals surface area (Å²) in [5.41, 5.74) is 0.557. The number of ether oxygens (including phenoxy) is 1. The maximum absolute atomic E-state index is 11.6. The third-order valence-electron chi connectivity index (χ3n) is 1.74. The smallest absolute Gasteiger partial charge is 0.325 e. The van der Waals surface area contributed by atoms with Crippen LogP contribution in [0.5, 0.6) is 0 Å². The van der Waals surface area contributed by atoms with Gasteiger partial charge in [0.15, 0.2) is 0 Å². The summed E-state index contributed by atoms with van der Waals surface area (Å²) in [6, 6.07) is 7.15. The third-order valence-corrected chi connectivity index (χ3v) is 2.68. The van der Waals surface area contributed by atoms with Crippen LogP contribution in [-0.2, 0) is 9.53 Å². The van der Waals surface area contributed by atoms with Crippen LogP contribution in [-0.4, -0.2) is 25.5 Å². The van der Waals surface area contributed by atoms with Crippen molar-refractivity contribution >= 4 is 34.5 Å². The van der Waals surface area contributed by atoms with Crippen molar-refractivity contribution in [3.8, 4) is 0 Å². The van der Waals surface area contributed by atoms with Gasteiger partial charge in [-0.25, -0.2) is 0 Å². The average molecular weight is 319 g/mol. The number of esters is 1. The summed E-state index contributed by atoms with van der Waals surface area (Å²) in [5, 5.41) is 2.47. The number of benzene rings is 1. The van der Waals surface area contributed by atoms with E-state index in [0.717, 1.165) is 3.57 Å². The van der Waals surface area contributed by atoms with Gasteiger partial charge in [0.2, 0.25) is 0 Å². The normalized spacial score (nSPS) is 9.47. The van der Waals surface area contributed by atoms with E-state index < -0.39 is 5.97 Å². The van der Waals surface area contributed by atoms with Gasteiger partial charge in [-0.15, -0.1) is 0 Å². The molecule has 1 N–H and O–H groups in total. The van der Waals surface area contributed by atoms with Crippen LogP contribution < -0.4 is 5.32 Å². The van der Waals surface area contributed by atoms with Crippen molar-refractivity contribution in [3.05, 3.63) is 33.4 Å². The predicted octanol–water partition coefficient (Wildman–Crippen LogP) is 1.19. The van der Waals surface area contributed by atoms with Crippen molar-refractivity contribution in [2.75, 3.05) is 13.7 Å². The Morgan fingerprint density at radius 3 is 2.67 bits per heavy atom. The van der Waals surface area contributed by atoms with Crippen molar-refractivity contribution in [1.82, 2.24) is 5.32 Å². The molecule has 1 amide bonds. The highest BCUT2D eigenvalue weighted by Gasteiger charge is 2.10. The molecule has 0 aliphatic carbocycles. The summed E-state index contributed by atoms with van der Waals surface area (Å²) in [7, 11) is 1.28. The van der Waals surface area contributed by atoms with Gasteiger partial charge in [0, 0.05) is 3.57 Å². The zero-order chi connectivity index (χ0) is 11.3. The highest BCUT2D eigenvalue weighted by Crippen LogP contribution is 2.10. The van der Waals surface area contributed by atoms with Crippen molar-refractivity contribution in [1.29, 1.82) is 0 Å². The topological polar surface area (TPSA) is 55.4 Å². The monoisotopic (exact) mass is 319 g/mol. The first-order chi connectivity index (χ1) is 7.15. The van der Waals surface area contributed by atoms with Gasteiger partial charge in [-0.3, -0.25) is 9.59 Å². The fourth-order valence-electron chi connectivity index (χ4n) is 0.965. The van der Waals surface area contributed by atoms with Crippen molar-refractivity contribution in [2.45, 2.75) is 0 Å². The molecule has 0 heterocycles. The Kier molecular flexibility index (Phi) is 4.54. The second kappa shape index (κ2) is 5.69. The number of hydrogen-bond acceptors (Lipinski definition) is 3. The Hall–Kier alpha value is -1.11. The molecule has 0 saturated carbocycles. The van der Waals surface area contributed by atoms with Crippen LogP contribution in [0.1, 0.15) is 10.4 Å². The molecule has 0 bridgehead atoms. The summed E-state index contributed by atoms with van der Waals surface area (Å²) in [4.78, 5) is 22.4. The van der Waals surface area contributed by atoms with Gasteiger partial charge in [-0.2, -0.15) is 0 Å². The van der Waals surface area contributed by atoms with Crippen LogP contribution in [0.2, 0.25) is 0 Å². The first-order valence-corrected chi connectivity index (χ1v) is 5.32. The lowest BCUT2D eigenvalue weighted by molar-refractivity contribution is -0.139. The van der Waals surface area contributed by atoms with Gasteiger partial charge in [0.1, 0.15) is 6.54 Å². The lowest BCUT2D eigenvalue weighted by atomic mass is 10.2. The fourth-order valence-corrected chi connectivity index (χ4v) is 1.60. The molecule has 0 fully saturated rings. The van der Waals surface area contributed by atoms with E-state index >= 15 is 0 Å². The van der Waals surface area contributed by atoms with E-state index in [9.17, 15) is 9.59 Å². The fraction of sp³-hybridized carbons (Fsp3) is 0.200. The second-order valence-corrected chi connectivity index (χ2v) is 3.90. The van der Waals surface area contributed by atoms with Gasteiger partial charge in [0.25, 0.3) is 5.91 Å². The number of halogens is 1. The summed E-state index contributed by atoms with van der Waals surface area (Å²) in [6.45, 7) is -0.111. The Bertz CT molecular complexity index is 379. The van der Waals surface area contributed by atoms with Crippen LogP contribution in [0.4, 0.5) is 0 Å². The molecule has 0 atom stereocenters. The second-order valence-electron chi connectivity index (χ2n) is 2.74. The van der Waals surface area contributed by atoms with Crippen LogP contribution in [0.15, 0.2) is 24.3 Å². The maximum atomic E-state index is 11.6. The SMILES string of the molecule is COC(=O)CNC(=O)c1ccccc1I. The summed E-state index contributed by atoms with van der Waals surface area (Å²) >= 11 is 2.06. The Balaban J connectivity index is 2.62. The molecule has 5 heteroatoms. The van der Waals surface area contributed by atoms with Crippen LogP contribution in [0, 0.1) is 3.57 Å². The zero-order valence-electron chi connectivity index (χ0n) is 8.12. The number of hydrogen-bond donors (Lipinski definition) is 1. The quantitative estimate of drug-likeness (QED) is 0.673. The minimum atomic E-state index is -0.464. The highest BCUT2D eigenvalue weighted by atomic mass is 127. The van der Waals surface area contributed by atoms with Gasteiger partial charge in [-0.05, 0) is 34.7 Å². The van der Waals surface area contributed by atoms with Crippen LogP contribution >= 0.6 is 22.6 Å². The lowest BCUT2D eigenvalue weighted by Crippen LogP contribution is -2.30. The molecule has 0 spiro atoms. The van der Waals surface area contributed by atoms with E-state index in [2.05, 4.69) is 32.6 Å². The van der Waals surface area contributed by atoms with Gasteiger partial charge >= 0.3 is 5.97 Å². The van der Waals surface area contributed by atoms with Gasteiger partial charge < -0.3 is 10.1 Å². The number of carbonyl (C=O) groups excluding carboxylic acids is 2. The molecule has 80 valence electrons. The first-order valence-electron chi connectivity index (χ1n) is 4.24. The van der Waals surface area contributed by atoms with Gasteiger partial charge in [-0.1, -0.05) is 12.1 Å². The van der Waals surface area contributed by atoms with Crippen LogP contribution in [0.25, 0.3) is 0 Å². The largest absolute Gasteiger partial charge is 0.468 e. The third kappa shape index (κ3) is 3.50. The Morgan fingerprint density at radius 2 is 2.07 bits per heavy atom. The summed E-state index contributed by atoms with van der Waals surface area (Å²) in [6.07, 6.45) is 0. The standard InChI is InChI=1S/C10H10INO3/c1-15-9(13)6-12-10(14)7-4-2-3-5-8(7)11/h2-5H,6H2,1H3,(H,12,14). The molecule has 1 aromatic rings. The molecule has 1 aromatic carbocycles. The highest BCUT2D eigenvalue weighted by molar-refractivity contribution is 14.1. The van der Waals surface area contributed by atoms with E-state index in [4.69, 9.17) is 0 Å². The summed E-state index contributed by atoms with van der Waals surface area (Å²) < 4.78 is 5.26. The molecule has 0 radical (unpaired) electrons. The number of amides is 1. The van der Waals surface area contributed by atoms with Crippen LogP contribution in [0.3, 0.4) is 0 Å². The number of rotatable bonds is 3. The lowest BCUT2D eigenvalue weighted by Gasteiger charge is -2.05. The van der Waals surface area contributed by atoms with E-state index in [1.807, 2.05) is 12.1 Å². The van der Waals surface area contributed by atoms with E-state index in [1.54, 1.807) is 12.1 Å². The molecule has 0 aliphatic heterocycles. The first kappa shape index (κ1) is 12.0. The zero-order valence-corrected chi connectivity index (χ0v) is 10.3. The number of methoxy groups -OCH3 is 1. The van der Waals surface area contributed by atoms with Crippen molar-refractivity contribution in [2.24, 2.45) is 0 Å². The molecule has 1 rings (SSSR count). The van der Waals surface area contributed by atoms with Gasteiger partial charge in [0.05, 0.1) is 12.7 Å². The maximum Gasteiger partial charge on any atom is 0.325 e. The molecular formula is C10H10INO3. The summed E-state index contributed by atoms with van der Waals surface area (Å²) in [5.74, 6) is -0.736. The molecule has 0 unspecified atom stereocenters. The molecule has 0 aliphatic rings. The van der Waals surface area contributed by atoms with Crippen molar-refractivity contribution in [3.63, 3.8) is 0 Å². The molecule has 0 saturated heterocycles. The van der Waals surface area contributed by atoms with E-state index in [1.165, 1.54) is 7.11 Å². The molecule has 4 nitrogen and oxygen atoms in total. The number of carbonyl (C=O) groups is 2. The molecular weight excluding hydrogens is 309 g/mol. The predicted molar refractivity (Wildman–Crippen MR) is 63.5 cm³/mol. The minimum absolute atomic E-state index is 0.111. The van der Waals surface area contributed by atoms with Crippen molar-refractivity contribution < 1.29 is 14.3 Å². The van der Waals surface area contributed by atoms with E-state index in [-0.39, 0.29) is 12.5 Å².